The standard InChI is InChI=1S/C32H23ClN2O6/c1-34-26-18-13-22(33)19-25(26)28(41-32(39)21-11-7-4-8-12-21)27(30(34)37)31(38)35(23-14-16-24(40-2)17-15-23)29(36)20-9-5-3-6-10-20/h3-19H,1-2H3. The summed E-state index contributed by atoms with van der Waals surface area (Å²) < 4.78 is 12.2. The molecule has 0 aliphatic carbocycles. The molecule has 5 rings (SSSR count). The Bertz CT molecular complexity index is 1830. The van der Waals surface area contributed by atoms with Gasteiger partial charge in [-0.25, -0.2) is 9.69 Å². The molecule has 1 aromatic heterocycles. The molecule has 0 fully saturated rings. The number of ether oxygens (including phenoxy) is 2. The molecule has 0 saturated heterocycles. The van der Waals surface area contributed by atoms with Crippen LogP contribution in [0.1, 0.15) is 31.1 Å². The zero-order chi connectivity index (χ0) is 29.1. The van der Waals surface area contributed by atoms with Crippen molar-refractivity contribution in [1.82, 2.24) is 4.57 Å². The third-order valence-corrected chi connectivity index (χ3v) is 6.72. The molecular weight excluding hydrogens is 544 g/mol. The summed E-state index contributed by atoms with van der Waals surface area (Å²) in [6, 6.07) is 27.2. The predicted molar refractivity (Wildman–Crippen MR) is 156 cm³/mol. The average Bonchev–Trinajstić information content (AvgIpc) is 3.01. The number of anilines is 1. The van der Waals surface area contributed by atoms with Crippen LogP contribution in [-0.2, 0) is 7.05 Å². The lowest BCUT2D eigenvalue weighted by Gasteiger charge is -2.23. The first-order valence-corrected chi connectivity index (χ1v) is 12.9. The normalized spacial score (nSPS) is 10.7. The number of amides is 2. The zero-order valence-electron chi connectivity index (χ0n) is 22.0. The van der Waals surface area contributed by atoms with Crippen LogP contribution in [0.2, 0.25) is 5.02 Å². The van der Waals surface area contributed by atoms with Crippen LogP contribution in [0.25, 0.3) is 10.9 Å². The molecule has 0 bridgehead atoms. The molecule has 0 saturated carbocycles. The molecule has 5 aromatic rings. The van der Waals surface area contributed by atoms with E-state index in [0.717, 1.165) is 4.90 Å². The number of nitrogens with zero attached hydrogens (tertiary/aromatic N) is 2. The summed E-state index contributed by atoms with van der Waals surface area (Å²) in [7, 11) is 2.97. The number of esters is 1. The van der Waals surface area contributed by atoms with Gasteiger partial charge < -0.3 is 14.0 Å². The Labute approximate surface area is 239 Å². The number of carbonyl (C=O) groups is 3. The molecule has 2 amide bonds. The Hall–Kier alpha value is -5.21. The maximum atomic E-state index is 14.4. The Kier molecular flexibility index (Phi) is 7.67. The number of methoxy groups -OCH3 is 1. The highest BCUT2D eigenvalue weighted by Crippen LogP contribution is 2.33. The maximum Gasteiger partial charge on any atom is 0.343 e. The van der Waals surface area contributed by atoms with Crippen LogP contribution in [0.3, 0.4) is 0 Å². The number of halogens is 1. The summed E-state index contributed by atoms with van der Waals surface area (Å²) in [5.41, 5.74) is -0.309. The Morgan fingerprint density at radius 2 is 1.39 bits per heavy atom. The number of pyridine rings is 1. The van der Waals surface area contributed by atoms with Gasteiger partial charge in [-0.15, -0.1) is 0 Å². The summed E-state index contributed by atoms with van der Waals surface area (Å²) in [4.78, 5) is 56.1. The maximum absolute atomic E-state index is 14.4. The second kappa shape index (κ2) is 11.5. The summed E-state index contributed by atoms with van der Waals surface area (Å²) in [5, 5.41) is 0.535. The van der Waals surface area contributed by atoms with Gasteiger partial charge in [-0.2, -0.15) is 0 Å². The first kappa shape index (κ1) is 27.4. The first-order valence-electron chi connectivity index (χ1n) is 12.5. The summed E-state index contributed by atoms with van der Waals surface area (Å²) in [6.45, 7) is 0. The van der Waals surface area contributed by atoms with Gasteiger partial charge in [0.25, 0.3) is 17.4 Å². The van der Waals surface area contributed by atoms with Gasteiger partial charge >= 0.3 is 5.97 Å². The second-order valence-electron chi connectivity index (χ2n) is 9.00. The quantitative estimate of drug-likeness (QED) is 0.187. The molecule has 0 aliphatic heterocycles. The SMILES string of the molecule is COc1ccc(N(C(=O)c2ccccc2)C(=O)c2c(OC(=O)c3ccccc3)c3cc(Cl)ccc3n(C)c2=O)cc1. The van der Waals surface area contributed by atoms with E-state index in [1.807, 2.05) is 0 Å². The number of imide groups is 1. The van der Waals surface area contributed by atoms with E-state index in [1.54, 1.807) is 84.9 Å². The van der Waals surface area contributed by atoms with E-state index in [-0.39, 0.29) is 28.0 Å². The van der Waals surface area contributed by atoms with Gasteiger partial charge in [-0.05, 0) is 66.7 Å². The van der Waals surface area contributed by atoms with Gasteiger partial charge in [0, 0.05) is 23.0 Å². The highest BCUT2D eigenvalue weighted by Gasteiger charge is 2.33. The number of benzene rings is 4. The third-order valence-electron chi connectivity index (χ3n) is 6.49. The Morgan fingerprint density at radius 3 is 2.00 bits per heavy atom. The van der Waals surface area contributed by atoms with Gasteiger partial charge in [-0.1, -0.05) is 48.0 Å². The van der Waals surface area contributed by atoms with Crippen LogP contribution in [0.5, 0.6) is 11.5 Å². The topological polar surface area (TPSA) is 94.9 Å². The summed E-state index contributed by atoms with van der Waals surface area (Å²) in [5.74, 6) is -2.26. The van der Waals surface area contributed by atoms with E-state index in [1.165, 1.54) is 36.9 Å². The minimum absolute atomic E-state index is 0.179. The molecule has 41 heavy (non-hydrogen) atoms. The first-order chi connectivity index (χ1) is 19.8. The summed E-state index contributed by atoms with van der Waals surface area (Å²) in [6.07, 6.45) is 0. The lowest BCUT2D eigenvalue weighted by Crippen LogP contribution is -2.41. The van der Waals surface area contributed by atoms with Crippen molar-refractivity contribution in [3.8, 4) is 11.5 Å². The van der Waals surface area contributed by atoms with Crippen molar-refractivity contribution in [2.45, 2.75) is 0 Å². The van der Waals surface area contributed by atoms with E-state index in [4.69, 9.17) is 21.1 Å². The van der Waals surface area contributed by atoms with Crippen molar-refractivity contribution in [2.75, 3.05) is 12.0 Å². The number of aromatic nitrogens is 1. The molecule has 0 atom stereocenters. The van der Waals surface area contributed by atoms with Crippen molar-refractivity contribution >= 4 is 46.0 Å². The lowest BCUT2D eigenvalue weighted by molar-refractivity contribution is 0.0734. The van der Waals surface area contributed by atoms with Crippen molar-refractivity contribution < 1.29 is 23.9 Å². The van der Waals surface area contributed by atoms with E-state index in [0.29, 0.717) is 16.3 Å². The molecule has 0 aliphatic rings. The second-order valence-corrected chi connectivity index (χ2v) is 9.43. The van der Waals surface area contributed by atoms with Gasteiger partial charge in [0.1, 0.15) is 11.3 Å². The minimum atomic E-state index is -0.984. The molecule has 9 heteroatoms. The number of carbonyl (C=O) groups excluding carboxylic acids is 3. The van der Waals surface area contributed by atoms with Crippen molar-refractivity contribution in [3.05, 3.63) is 135 Å². The van der Waals surface area contributed by atoms with Gasteiger partial charge in [0.2, 0.25) is 0 Å². The fourth-order valence-corrected chi connectivity index (χ4v) is 4.56. The highest BCUT2D eigenvalue weighted by molar-refractivity contribution is 6.31. The number of hydrogen-bond acceptors (Lipinski definition) is 6. The smallest absolute Gasteiger partial charge is 0.343 e. The van der Waals surface area contributed by atoms with Crippen LogP contribution < -0.4 is 19.9 Å². The third kappa shape index (κ3) is 5.33. The molecule has 0 spiro atoms. The molecule has 4 aromatic carbocycles. The average molecular weight is 567 g/mol. The van der Waals surface area contributed by atoms with Crippen molar-refractivity contribution in [2.24, 2.45) is 7.05 Å². The fourth-order valence-electron chi connectivity index (χ4n) is 4.39. The van der Waals surface area contributed by atoms with Crippen LogP contribution in [0.15, 0.2) is 108 Å². The Balaban J connectivity index is 1.75. The van der Waals surface area contributed by atoms with E-state index >= 15 is 0 Å². The lowest BCUT2D eigenvalue weighted by atomic mass is 10.1. The van der Waals surface area contributed by atoms with Gasteiger partial charge in [-0.3, -0.25) is 14.4 Å². The molecule has 0 radical (unpaired) electrons. The largest absolute Gasteiger partial charge is 0.497 e. The van der Waals surface area contributed by atoms with E-state index < -0.39 is 28.9 Å². The van der Waals surface area contributed by atoms with Crippen molar-refractivity contribution in [1.29, 1.82) is 0 Å². The van der Waals surface area contributed by atoms with Crippen LogP contribution in [0.4, 0.5) is 5.69 Å². The van der Waals surface area contributed by atoms with Gasteiger partial charge in [0.05, 0.1) is 23.9 Å². The Morgan fingerprint density at radius 1 is 0.780 bits per heavy atom. The molecular formula is C32H23ClN2O6. The minimum Gasteiger partial charge on any atom is -0.497 e. The van der Waals surface area contributed by atoms with Gasteiger partial charge in [0.15, 0.2) is 5.75 Å². The number of fused-ring (bicyclic) bond motifs is 1. The zero-order valence-corrected chi connectivity index (χ0v) is 22.8. The molecule has 0 N–H and O–H groups in total. The molecule has 1 heterocycles. The predicted octanol–water partition coefficient (Wildman–Crippen LogP) is 5.91. The van der Waals surface area contributed by atoms with Crippen molar-refractivity contribution in [3.63, 3.8) is 0 Å². The monoisotopic (exact) mass is 566 g/mol. The number of rotatable bonds is 6. The summed E-state index contributed by atoms with van der Waals surface area (Å²) >= 11 is 6.30. The molecule has 8 nitrogen and oxygen atoms in total. The highest BCUT2D eigenvalue weighted by atomic mass is 35.5. The molecule has 0 unspecified atom stereocenters. The van der Waals surface area contributed by atoms with Crippen LogP contribution in [-0.4, -0.2) is 29.5 Å². The van der Waals surface area contributed by atoms with E-state index in [9.17, 15) is 19.2 Å². The number of aryl methyl sites for hydroxylation is 1. The van der Waals surface area contributed by atoms with E-state index in [2.05, 4.69) is 0 Å². The number of hydrogen-bond donors (Lipinski definition) is 0. The molecule has 204 valence electrons. The fraction of sp³-hybridized carbons (Fsp3) is 0.0625. The van der Waals surface area contributed by atoms with Crippen LogP contribution >= 0.6 is 11.6 Å². The van der Waals surface area contributed by atoms with Crippen LogP contribution in [0, 0.1) is 0 Å².